The van der Waals surface area contributed by atoms with E-state index in [1.165, 1.54) is 17.0 Å². The molecule has 24 heavy (non-hydrogen) atoms. The molecule has 6 heteroatoms. The summed E-state index contributed by atoms with van der Waals surface area (Å²) in [6, 6.07) is 8.29. The summed E-state index contributed by atoms with van der Waals surface area (Å²) in [6.07, 6.45) is 2.51. The first kappa shape index (κ1) is 16.9. The Labute approximate surface area is 148 Å². The fourth-order valence-corrected chi connectivity index (χ4v) is 3.74. The van der Waals surface area contributed by atoms with E-state index < -0.39 is 0 Å². The molecule has 0 amide bonds. The van der Waals surface area contributed by atoms with Gasteiger partial charge in [-0.15, -0.1) is 0 Å². The van der Waals surface area contributed by atoms with Crippen LogP contribution in [0, 0.1) is 13.8 Å². The molecule has 1 aliphatic heterocycles. The first-order chi connectivity index (χ1) is 11.5. The molecule has 2 aromatic rings. The Balaban J connectivity index is 2.05. The zero-order valence-corrected chi connectivity index (χ0v) is 15.2. The average molecular weight is 344 g/mol. The Morgan fingerprint density at radius 3 is 2.71 bits per heavy atom. The van der Waals surface area contributed by atoms with Gasteiger partial charge < -0.3 is 19.9 Å². The van der Waals surface area contributed by atoms with Crippen molar-refractivity contribution in [2.45, 2.75) is 32.4 Å². The van der Waals surface area contributed by atoms with Crippen LogP contribution in [-0.2, 0) is 7.05 Å². The van der Waals surface area contributed by atoms with Crippen LogP contribution in [-0.4, -0.2) is 37.8 Å². The summed E-state index contributed by atoms with van der Waals surface area (Å²) >= 11 is 5.59. The fraction of sp³-hybridized carbons (Fsp3) is 0.444. The number of hydrogen-bond acceptors (Lipinski definition) is 3. The van der Waals surface area contributed by atoms with Gasteiger partial charge >= 0.3 is 0 Å². The summed E-state index contributed by atoms with van der Waals surface area (Å²) in [7, 11) is 2.09. The second-order valence-electron chi connectivity index (χ2n) is 6.28. The van der Waals surface area contributed by atoms with Gasteiger partial charge in [0.1, 0.15) is 0 Å². The van der Waals surface area contributed by atoms with Crippen LogP contribution < -0.4 is 5.32 Å². The van der Waals surface area contributed by atoms with Crippen LogP contribution in [0.4, 0.5) is 0 Å². The van der Waals surface area contributed by atoms with Crippen molar-refractivity contribution < 1.29 is 5.11 Å². The van der Waals surface area contributed by atoms with E-state index in [9.17, 15) is 5.11 Å². The Morgan fingerprint density at radius 2 is 2.12 bits per heavy atom. The number of nitrogens with zero attached hydrogens (tertiary/aromatic N) is 3. The molecule has 2 aromatic heterocycles. The van der Waals surface area contributed by atoms with Gasteiger partial charge in [0.2, 0.25) is 0 Å². The molecule has 2 atom stereocenters. The van der Waals surface area contributed by atoms with Crippen molar-refractivity contribution in [1.82, 2.24) is 19.8 Å². The maximum atomic E-state index is 9.25. The minimum absolute atomic E-state index is 0.0119. The van der Waals surface area contributed by atoms with E-state index >= 15 is 0 Å². The topological polar surface area (TPSA) is 53.3 Å². The molecule has 5 nitrogen and oxygen atoms in total. The van der Waals surface area contributed by atoms with E-state index in [1.54, 1.807) is 0 Å². The van der Waals surface area contributed by atoms with Gasteiger partial charge in [-0.05, 0) is 56.2 Å². The van der Waals surface area contributed by atoms with Gasteiger partial charge in [0.25, 0.3) is 0 Å². The summed E-state index contributed by atoms with van der Waals surface area (Å²) in [6.45, 7) is 5.14. The summed E-state index contributed by atoms with van der Waals surface area (Å²) in [5.74, 6) is 0. The molecule has 2 N–H and O–H groups in total. The minimum Gasteiger partial charge on any atom is -0.396 e. The number of pyridine rings is 1. The highest BCUT2D eigenvalue weighted by Gasteiger charge is 2.40. The number of aryl methyl sites for hydroxylation is 1. The van der Waals surface area contributed by atoms with E-state index in [1.807, 2.05) is 24.4 Å². The highest BCUT2D eigenvalue weighted by molar-refractivity contribution is 7.80. The molecule has 1 aliphatic rings. The number of aliphatic hydroxyl groups is 1. The highest BCUT2D eigenvalue weighted by atomic mass is 32.1. The van der Waals surface area contributed by atoms with Crippen molar-refractivity contribution in [3.8, 4) is 0 Å². The average Bonchev–Trinajstić information content (AvgIpc) is 3.05. The molecule has 0 bridgehead atoms. The third-order valence-corrected chi connectivity index (χ3v) is 5.24. The van der Waals surface area contributed by atoms with Gasteiger partial charge in [-0.3, -0.25) is 4.98 Å². The predicted octanol–water partition coefficient (Wildman–Crippen LogP) is 2.39. The first-order valence-electron chi connectivity index (χ1n) is 8.26. The number of aliphatic hydroxyl groups excluding tert-OH is 1. The number of thiocarbonyl (C=S) groups is 1. The largest absolute Gasteiger partial charge is 0.396 e. The Kier molecular flexibility index (Phi) is 4.87. The van der Waals surface area contributed by atoms with Crippen molar-refractivity contribution in [1.29, 1.82) is 0 Å². The monoisotopic (exact) mass is 344 g/mol. The lowest BCUT2D eigenvalue weighted by Gasteiger charge is -2.27. The third kappa shape index (κ3) is 2.91. The quantitative estimate of drug-likeness (QED) is 0.816. The Hall–Kier alpha value is -1.92. The number of aromatic nitrogens is 2. The summed E-state index contributed by atoms with van der Waals surface area (Å²) in [5, 5.41) is 13.4. The van der Waals surface area contributed by atoms with E-state index in [0.717, 1.165) is 17.4 Å². The van der Waals surface area contributed by atoms with E-state index in [-0.39, 0.29) is 18.7 Å². The molecular formula is C18H24N4OS. The molecule has 0 unspecified atom stereocenters. The number of nitrogens with one attached hydrogen (secondary N) is 1. The second-order valence-corrected chi connectivity index (χ2v) is 6.67. The van der Waals surface area contributed by atoms with Crippen molar-refractivity contribution in [2.75, 3.05) is 13.2 Å². The normalized spacial score (nSPS) is 20.5. The molecule has 0 aromatic carbocycles. The number of rotatable bonds is 5. The van der Waals surface area contributed by atoms with Gasteiger partial charge in [0.05, 0.1) is 17.8 Å². The molecule has 0 radical (unpaired) electrons. The van der Waals surface area contributed by atoms with Crippen molar-refractivity contribution in [2.24, 2.45) is 7.05 Å². The molecule has 1 saturated heterocycles. The van der Waals surface area contributed by atoms with E-state index in [2.05, 4.69) is 46.7 Å². The van der Waals surface area contributed by atoms with Crippen LogP contribution in [0.1, 0.15) is 41.1 Å². The fourth-order valence-electron chi connectivity index (χ4n) is 3.41. The Bertz CT molecular complexity index is 728. The molecule has 0 aliphatic carbocycles. The van der Waals surface area contributed by atoms with Crippen molar-refractivity contribution in [3.05, 3.63) is 53.1 Å². The molecule has 3 heterocycles. The molecular weight excluding hydrogens is 320 g/mol. The smallest absolute Gasteiger partial charge is 0.170 e. The molecule has 0 saturated carbocycles. The third-order valence-electron chi connectivity index (χ3n) is 4.89. The maximum absolute atomic E-state index is 9.25. The van der Waals surface area contributed by atoms with Crippen LogP contribution in [0.2, 0.25) is 0 Å². The molecule has 128 valence electrons. The van der Waals surface area contributed by atoms with Crippen LogP contribution in [0.3, 0.4) is 0 Å². The molecule has 3 rings (SSSR count). The van der Waals surface area contributed by atoms with E-state index in [4.69, 9.17) is 12.2 Å². The lowest BCUT2D eigenvalue weighted by atomic mass is 9.96. The second kappa shape index (κ2) is 6.91. The van der Waals surface area contributed by atoms with Crippen molar-refractivity contribution >= 4 is 17.3 Å². The zero-order valence-electron chi connectivity index (χ0n) is 14.4. The van der Waals surface area contributed by atoms with E-state index in [0.29, 0.717) is 6.42 Å². The first-order valence-corrected chi connectivity index (χ1v) is 8.67. The van der Waals surface area contributed by atoms with Crippen LogP contribution in [0.15, 0.2) is 30.5 Å². The van der Waals surface area contributed by atoms with Crippen molar-refractivity contribution in [3.63, 3.8) is 0 Å². The molecule has 1 fully saturated rings. The van der Waals surface area contributed by atoms with Crippen LogP contribution in [0.5, 0.6) is 0 Å². The van der Waals surface area contributed by atoms with Gasteiger partial charge in [0, 0.05) is 37.8 Å². The number of hydrogen-bond donors (Lipinski definition) is 2. The summed E-state index contributed by atoms with van der Waals surface area (Å²) in [5.41, 5.74) is 4.70. The van der Waals surface area contributed by atoms with Gasteiger partial charge in [-0.1, -0.05) is 6.07 Å². The standard InChI is InChI=1S/C18H24N4OS/c1-12-11-14(13(2)21(12)3)17-16(15-7-4-5-8-19-15)20-18(24)22(17)9-6-10-23/h4-5,7-8,11,16-17,23H,6,9-10H2,1-3H3,(H,20,24)/t16-,17+/m0/s1. The van der Waals surface area contributed by atoms with Gasteiger partial charge in [-0.25, -0.2) is 0 Å². The predicted molar refractivity (Wildman–Crippen MR) is 98.7 cm³/mol. The molecule has 0 spiro atoms. The minimum atomic E-state index is 0.0119. The van der Waals surface area contributed by atoms with Gasteiger partial charge in [-0.2, -0.15) is 0 Å². The highest BCUT2D eigenvalue weighted by Crippen LogP contribution is 2.40. The lowest BCUT2D eigenvalue weighted by molar-refractivity contribution is 0.247. The maximum Gasteiger partial charge on any atom is 0.170 e. The van der Waals surface area contributed by atoms with Crippen LogP contribution in [0.25, 0.3) is 0 Å². The Morgan fingerprint density at radius 1 is 1.33 bits per heavy atom. The summed E-state index contributed by atoms with van der Waals surface area (Å²) < 4.78 is 2.20. The van der Waals surface area contributed by atoms with Gasteiger partial charge in [0.15, 0.2) is 5.11 Å². The van der Waals surface area contributed by atoms with Crippen LogP contribution >= 0.6 is 12.2 Å². The summed E-state index contributed by atoms with van der Waals surface area (Å²) in [4.78, 5) is 6.73. The SMILES string of the molecule is Cc1cc([C@@H]2[C@H](c3ccccn3)NC(=S)N2CCCO)c(C)n1C. The zero-order chi connectivity index (χ0) is 17.3. The lowest BCUT2D eigenvalue weighted by Crippen LogP contribution is -2.31.